The Balaban J connectivity index is 2.38. The molecule has 0 fully saturated rings. The van der Waals surface area contributed by atoms with Crippen molar-refractivity contribution in [2.75, 3.05) is 0 Å². The molecule has 0 atom stereocenters. The fourth-order valence-corrected chi connectivity index (χ4v) is 1.74. The summed E-state index contributed by atoms with van der Waals surface area (Å²) in [6.45, 7) is 1.99. The van der Waals surface area contributed by atoms with Gasteiger partial charge in [0.2, 0.25) is 0 Å². The van der Waals surface area contributed by atoms with Crippen LogP contribution in [0.5, 0.6) is 0 Å². The van der Waals surface area contributed by atoms with Gasteiger partial charge >= 0.3 is 0 Å². The third-order valence-electron chi connectivity index (χ3n) is 2.78. The van der Waals surface area contributed by atoms with Crippen molar-refractivity contribution >= 4 is 5.78 Å². The van der Waals surface area contributed by atoms with Crippen molar-refractivity contribution in [3.05, 3.63) is 70.8 Å². The number of carbonyl (C=O) groups is 1. The van der Waals surface area contributed by atoms with Crippen molar-refractivity contribution in [3.8, 4) is 0 Å². The number of ketones is 1. The number of benzene rings is 2. The topological polar surface area (TPSA) is 17.1 Å². The second kappa shape index (κ2) is 5.08. The van der Waals surface area contributed by atoms with Crippen LogP contribution in [-0.4, -0.2) is 5.78 Å². The van der Waals surface area contributed by atoms with E-state index in [0.717, 1.165) is 24.1 Å². The standard InChI is InChI=1S/C15H12F2O/c1-2-10-4-3-5-11(8-10)15(18)12-6-7-13(16)14(17)9-12/h3-9H,2H2,1H3. The molecule has 0 amide bonds. The molecule has 0 saturated heterocycles. The van der Waals surface area contributed by atoms with E-state index in [1.165, 1.54) is 6.07 Å². The summed E-state index contributed by atoms with van der Waals surface area (Å²) in [5.74, 6) is -2.26. The van der Waals surface area contributed by atoms with Gasteiger partial charge in [0.25, 0.3) is 0 Å². The Labute approximate surface area is 104 Å². The summed E-state index contributed by atoms with van der Waals surface area (Å²) >= 11 is 0. The van der Waals surface area contributed by atoms with Gasteiger partial charge in [0.15, 0.2) is 17.4 Å². The van der Waals surface area contributed by atoms with Gasteiger partial charge < -0.3 is 0 Å². The van der Waals surface area contributed by atoms with E-state index >= 15 is 0 Å². The Morgan fingerprint density at radius 2 is 1.72 bits per heavy atom. The maximum Gasteiger partial charge on any atom is 0.193 e. The summed E-state index contributed by atoms with van der Waals surface area (Å²) in [5, 5.41) is 0. The highest BCUT2D eigenvalue weighted by molar-refractivity contribution is 6.09. The van der Waals surface area contributed by atoms with E-state index in [1.807, 2.05) is 13.0 Å². The van der Waals surface area contributed by atoms with Crippen LogP contribution < -0.4 is 0 Å². The molecule has 2 aromatic carbocycles. The molecule has 0 radical (unpaired) electrons. The highest BCUT2D eigenvalue weighted by Gasteiger charge is 2.12. The van der Waals surface area contributed by atoms with E-state index in [-0.39, 0.29) is 11.3 Å². The number of hydrogen-bond acceptors (Lipinski definition) is 1. The lowest BCUT2D eigenvalue weighted by molar-refractivity contribution is 0.103. The Bertz CT molecular complexity index is 591. The first-order valence-corrected chi connectivity index (χ1v) is 5.70. The van der Waals surface area contributed by atoms with Crippen LogP contribution in [0.4, 0.5) is 8.78 Å². The van der Waals surface area contributed by atoms with E-state index in [0.29, 0.717) is 5.56 Å². The lowest BCUT2D eigenvalue weighted by Gasteiger charge is -2.04. The Hall–Kier alpha value is -2.03. The molecule has 0 unspecified atom stereocenters. The van der Waals surface area contributed by atoms with E-state index in [2.05, 4.69) is 0 Å². The van der Waals surface area contributed by atoms with Gasteiger partial charge in [0.1, 0.15) is 0 Å². The first-order valence-electron chi connectivity index (χ1n) is 5.70. The van der Waals surface area contributed by atoms with Crippen molar-refractivity contribution in [3.63, 3.8) is 0 Å². The van der Waals surface area contributed by atoms with Crippen molar-refractivity contribution < 1.29 is 13.6 Å². The smallest absolute Gasteiger partial charge is 0.193 e. The van der Waals surface area contributed by atoms with Crippen molar-refractivity contribution in [2.24, 2.45) is 0 Å². The maximum atomic E-state index is 13.1. The minimum atomic E-state index is -1.01. The molecule has 0 aromatic heterocycles. The Kier molecular flexibility index (Phi) is 3.51. The number of carbonyl (C=O) groups excluding carboxylic acids is 1. The second-order valence-corrected chi connectivity index (χ2v) is 4.01. The molecule has 0 bridgehead atoms. The fraction of sp³-hybridized carbons (Fsp3) is 0.133. The van der Waals surface area contributed by atoms with Crippen molar-refractivity contribution in [1.29, 1.82) is 0 Å². The van der Waals surface area contributed by atoms with Gasteiger partial charge in [-0.25, -0.2) is 8.78 Å². The number of rotatable bonds is 3. The van der Waals surface area contributed by atoms with Gasteiger partial charge in [0, 0.05) is 11.1 Å². The van der Waals surface area contributed by atoms with Crippen LogP contribution in [0.3, 0.4) is 0 Å². The molecule has 92 valence electrons. The molecule has 2 aromatic rings. The largest absolute Gasteiger partial charge is 0.289 e. The summed E-state index contributed by atoms with van der Waals surface area (Å²) in [6.07, 6.45) is 0.818. The van der Waals surface area contributed by atoms with Crippen molar-refractivity contribution in [2.45, 2.75) is 13.3 Å². The highest BCUT2D eigenvalue weighted by atomic mass is 19.2. The van der Waals surface area contributed by atoms with Gasteiger partial charge in [-0.2, -0.15) is 0 Å². The van der Waals surface area contributed by atoms with Crippen LogP contribution >= 0.6 is 0 Å². The summed E-state index contributed by atoms with van der Waals surface area (Å²) in [7, 11) is 0. The second-order valence-electron chi connectivity index (χ2n) is 4.01. The number of aryl methyl sites for hydroxylation is 1. The normalized spacial score (nSPS) is 10.4. The van der Waals surface area contributed by atoms with Crippen LogP contribution in [0.25, 0.3) is 0 Å². The molecule has 0 aliphatic rings. The average Bonchev–Trinajstić information content (AvgIpc) is 2.41. The van der Waals surface area contributed by atoms with Gasteiger partial charge in [-0.1, -0.05) is 25.1 Å². The van der Waals surface area contributed by atoms with Crippen LogP contribution in [0, 0.1) is 11.6 Å². The molecule has 0 aliphatic carbocycles. The zero-order valence-corrected chi connectivity index (χ0v) is 9.91. The van der Waals surface area contributed by atoms with E-state index in [9.17, 15) is 13.6 Å². The van der Waals surface area contributed by atoms with E-state index in [1.54, 1.807) is 18.2 Å². The third-order valence-corrected chi connectivity index (χ3v) is 2.78. The lowest BCUT2D eigenvalue weighted by atomic mass is 10.0. The molecule has 3 heteroatoms. The van der Waals surface area contributed by atoms with Crippen molar-refractivity contribution in [1.82, 2.24) is 0 Å². The Morgan fingerprint density at radius 1 is 1.00 bits per heavy atom. The van der Waals surface area contributed by atoms with Gasteiger partial charge in [0.05, 0.1) is 0 Å². The first-order chi connectivity index (χ1) is 8.61. The number of halogens is 2. The average molecular weight is 246 g/mol. The Morgan fingerprint density at radius 3 is 2.39 bits per heavy atom. The first kappa shape index (κ1) is 12.4. The molecular formula is C15H12F2O. The van der Waals surface area contributed by atoms with Crippen LogP contribution in [0.15, 0.2) is 42.5 Å². The molecule has 2 rings (SSSR count). The van der Waals surface area contributed by atoms with Gasteiger partial charge in [-0.15, -0.1) is 0 Å². The number of hydrogen-bond donors (Lipinski definition) is 0. The molecule has 0 heterocycles. The minimum absolute atomic E-state index is 0.155. The monoisotopic (exact) mass is 246 g/mol. The summed E-state index contributed by atoms with van der Waals surface area (Å²) in [5.41, 5.74) is 1.67. The summed E-state index contributed by atoms with van der Waals surface area (Å²) < 4.78 is 25.9. The molecule has 0 aliphatic heterocycles. The van der Waals surface area contributed by atoms with E-state index in [4.69, 9.17) is 0 Å². The molecular weight excluding hydrogens is 234 g/mol. The van der Waals surface area contributed by atoms with Crippen LogP contribution in [-0.2, 0) is 6.42 Å². The molecule has 0 spiro atoms. The van der Waals surface area contributed by atoms with Crippen LogP contribution in [0.2, 0.25) is 0 Å². The minimum Gasteiger partial charge on any atom is -0.289 e. The fourth-order valence-electron chi connectivity index (χ4n) is 1.74. The summed E-state index contributed by atoms with van der Waals surface area (Å²) in [4.78, 5) is 12.1. The quantitative estimate of drug-likeness (QED) is 0.754. The zero-order valence-electron chi connectivity index (χ0n) is 9.91. The van der Waals surface area contributed by atoms with E-state index < -0.39 is 11.6 Å². The van der Waals surface area contributed by atoms with Gasteiger partial charge in [-0.05, 0) is 36.2 Å². The summed E-state index contributed by atoms with van der Waals surface area (Å²) in [6, 6.07) is 10.3. The predicted octanol–water partition coefficient (Wildman–Crippen LogP) is 3.76. The third kappa shape index (κ3) is 2.45. The maximum absolute atomic E-state index is 13.1. The highest BCUT2D eigenvalue weighted by Crippen LogP contribution is 2.15. The molecule has 0 saturated carbocycles. The molecule has 18 heavy (non-hydrogen) atoms. The van der Waals surface area contributed by atoms with Crippen LogP contribution in [0.1, 0.15) is 28.4 Å². The molecule has 0 N–H and O–H groups in total. The molecule has 1 nitrogen and oxygen atoms in total. The predicted molar refractivity (Wildman–Crippen MR) is 65.6 cm³/mol. The van der Waals surface area contributed by atoms with Gasteiger partial charge in [-0.3, -0.25) is 4.79 Å². The zero-order chi connectivity index (χ0) is 13.1. The SMILES string of the molecule is CCc1cccc(C(=O)c2ccc(F)c(F)c2)c1. The lowest BCUT2D eigenvalue weighted by Crippen LogP contribution is -2.03.